The maximum atomic E-state index is 9.11. The Balaban J connectivity index is 2.20. The number of ether oxygens (including phenoxy) is 1. The summed E-state index contributed by atoms with van der Waals surface area (Å²) in [4.78, 5) is 0. The minimum Gasteiger partial charge on any atom is -0.495 e. The fourth-order valence-corrected chi connectivity index (χ4v) is 2.12. The number of anilines is 1. The van der Waals surface area contributed by atoms with Crippen LogP contribution in [-0.2, 0) is 0 Å². The number of piperidine rings is 1. The number of rotatable bonds is 3. The van der Waals surface area contributed by atoms with E-state index >= 15 is 0 Å². The number of nitrogens with one attached hydrogen (secondary N) is 2. The van der Waals surface area contributed by atoms with E-state index in [1.165, 1.54) is 0 Å². The molecule has 1 aliphatic rings. The Morgan fingerprint density at radius 1 is 1.53 bits per heavy atom. The van der Waals surface area contributed by atoms with Gasteiger partial charge in [0.2, 0.25) is 0 Å². The molecular formula is C13H17N3O. The molecule has 1 unspecified atom stereocenters. The fourth-order valence-electron chi connectivity index (χ4n) is 2.12. The fraction of sp³-hybridized carbons (Fsp3) is 0.462. The second-order valence-corrected chi connectivity index (χ2v) is 4.18. The van der Waals surface area contributed by atoms with Gasteiger partial charge in [0.1, 0.15) is 11.8 Å². The topological polar surface area (TPSA) is 57.1 Å². The van der Waals surface area contributed by atoms with Gasteiger partial charge in [-0.2, -0.15) is 5.26 Å². The molecule has 4 nitrogen and oxygen atoms in total. The Labute approximate surface area is 102 Å². The highest BCUT2D eigenvalue weighted by Gasteiger charge is 2.16. The predicted molar refractivity (Wildman–Crippen MR) is 67.2 cm³/mol. The molecule has 1 aromatic carbocycles. The number of hydrogen-bond acceptors (Lipinski definition) is 4. The monoisotopic (exact) mass is 231 g/mol. The van der Waals surface area contributed by atoms with Crippen LogP contribution in [0.25, 0.3) is 0 Å². The van der Waals surface area contributed by atoms with Crippen LogP contribution in [-0.4, -0.2) is 26.2 Å². The summed E-state index contributed by atoms with van der Waals surface area (Å²) in [7, 11) is 1.63. The van der Waals surface area contributed by atoms with Gasteiger partial charge in [0.25, 0.3) is 0 Å². The third-order valence-electron chi connectivity index (χ3n) is 3.01. The van der Waals surface area contributed by atoms with Crippen LogP contribution in [0, 0.1) is 11.3 Å². The zero-order valence-electron chi connectivity index (χ0n) is 9.99. The van der Waals surface area contributed by atoms with E-state index < -0.39 is 0 Å². The Morgan fingerprint density at radius 2 is 2.41 bits per heavy atom. The maximum Gasteiger partial charge on any atom is 0.143 e. The van der Waals surface area contributed by atoms with Crippen LogP contribution in [0.4, 0.5) is 5.69 Å². The van der Waals surface area contributed by atoms with Gasteiger partial charge in [0.05, 0.1) is 18.4 Å². The Bertz CT molecular complexity index is 419. The summed E-state index contributed by atoms with van der Waals surface area (Å²) < 4.78 is 5.30. The van der Waals surface area contributed by atoms with E-state index in [-0.39, 0.29) is 0 Å². The molecule has 0 radical (unpaired) electrons. The van der Waals surface area contributed by atoms with Crippen molar-refractivity contribution in [2.45, 2.75) is 18.9 Å². The van der Waals surface area contributed by atoms with Crippen molar-refractivity contribution < 1.29 is 4.74 Å². The molecule has 1 aliphatic heterocycles. The molecule has 0 spiro atoms. The normalized spacial score (nSPS) is 19.4. The van der Waals surface area contributed by atoms with E-state index in [0.29, 0.717) is 11.6 Å². The van der Waals surface area contributed by atoms with Gasteiger partial charge in [-0.15, -0.1) is 0 Å². The van der Waals surface area contributed by atoms with E-state index in [0.717, 1.165) is 37.4 Å². The molecule has 1 fully saturated rings. The minimum atomic E-state index is 0.368. The number of benzene rings is 1. The third-order valence-corrected chi connectivity index (χ3v) is 3.01. The van der Waals surface area contributed by atoms with Crippen molar-refractivity contribution >= 4 is 5.69 Å². The van der Waals surface area contributed by atoms with E-state index in [1.807, 2.05) is 12.1 Å². The lowest BCUT2D eigenvalue weighted by Gasteiger charge is -2.26. The van der Waals surface area contributed by atoms with Crippen LogP contribution in [0.1, 0.15) is 18.4 Å². The van der Waals surface area contributed by atoms with Gasteiger partial charge in [-0.25, -0.2) is 0 Å². The molecule has 0 saturated carbocycles. The molecule has 1 atom stereocenters. The van der Waals surface area contributed by atoms with Gasteiger partial charge in [-0.3, -0.25) is 0 Å². The smallest absolute Gasteiger partial charge is 0.143 e. The van der Waals surface area contributed by atoms with Gasteiger partial charge in [-0.1, -0.05) is 6.07 Å². The van der Waals surface area contributed by atoms with E-state index in [2.05, 4.69) is 16.7 Å². The lowest BCUT2D eigenvalue weighted by atomic mass is 10.1. The van der Waals surface area contributed by atoms with Crippen molar-refractivity contribution in [2.24, 2.45) is 0 Å². The first-order valence-corrected chi connectivity index (χ1v) is 5.89. The molecule has 1 heterocycles. The molecule has 0 bridgehead atoms. The molecule has 90 valence electrons. The van der Waals surface area contributed by atoms with E-state index in [4.69, 9.17) is 10.00 Å². The summed E-state index contributed by atoms with van der Waals surface area (Å²) in [6, 6.07) is 8.08. The second-order valence-electron chi connectivity index (χ2n) is 4.18. The molecule has 1 saturated heterocycles. The van der Waals surface area contributed by atoms with Crippen molar-refractivity contribution in [2.75, 3.05) is 25.5 Å². The zero-order chi connectivity index (χ0) is 12.1. The highest BCUT2D eigenvalue weighted by molar-refractivity contribution is 5.66. The summed E-state index contributed by atoms with van der Waals surface area (Å²) in [6.45, 7) is 2.01. The van der Waals surface area contributed by atoms with Crippen molar-refractivity contribution in [3.63, 3.8) is 0 Å². The lowest BCUT2D eigenvalue weighted by Crippen LogP contribution is -2.38. The SMILES string of the molecule is COc1cccc(C#N)c1NC1CCCNC1. The van der Waals surface area contributed by atoms with Crippen molar-refractivity contribution in [3.05, 3.63) is 23.8 Å². The Kier molecular flexibility index (Phi) is 3.84. The van der Waals surface area contributed by atoms with Crippen molar-refractivity contribution in [3.8, 4) is 11.8 Å². The number of methoxy groups -OCH3 is 1. The summed E-state index contributed by atoms with van der Waals surface area (Å²) in [5, 5.41) is 15.9. The lowest BCUT2D eigenvalue weighted by molar-refractivity contribution is 0.414. The quantitative estimate of drug-likeness (QED) is 0.831. The van der Waals surface area contributed by atoms with Crippen LogP contribution >= 0.6 is 0 Å². The van der Waals surface area contributed by atoms with Gasteiger partial charge in [0, 0.05) is 12.6 Å². The second kappa shape index (κ2) is 5.55. The molecule has 1 aromatic rings. The average molecular weight is 231 g/mol. The van der Waals surface area contributed by atoms with Crippen LogP contribution in [0.15, 0.2) is 18.2 Å². The van der Waals surface area contributed by atoms with Gasteiger partial charge in [0.15, 0.2) is 0 Å². The first kappa shape index (κ1) is 11.7. The summed E-state index contributed by atoms with van der Waals surface area (Å²) in [5.74, 6) is 0.731. The largest absolute Gasteiger partial charge is 0.495 e. The number of nitriles is 1. The number of para-hydroxylation sites is 1. The van der Waals surface area contributed by atoms with Gasteiger partial charge < -0.3 is 15.4 Å². The van der Waals surface area contributed by atoms with Crippen molar-refractivity contribution in [1.82, 2.24) is 5.32 Å². The van der Waals surface area contributed by atoms with Gasteiger partial charge >= 0.3 is 0 Å². The highest BCUT2D eigenvalue weighted by atomic mass is 16.5. The van der Waals surface area contributed by atoms with Crippen molar-refractivity contribution in [1.29, 1.82) is 5.26 Å². The summed E-state index contributed by atoms with van der Waals surface area (Å²) in [6.07, 6.45) is 2.28. The van der Waals surface area contributed by atoms with Crippen LogP contribution in [0.5, 0.6) is 5.75 Å². The van der Waals surface area contributed by atoms with E-state index in [1.54, 1.807) is 13.2 Å². The zero-order valence-corrected chi connectivity index (χ0v) is 9.99. The van der Waals surface area contributed by atoms with Crippen LogP contribution in [0.3, 0.4) is 0 Å². The number of hydrogen-bond donors (Lipinski definition) is 2. The van der Waals surface area contributed by atoms with E-state index in [9.17, 15) is 0 Å². The Hall–Kier alpha value is -1.73. The average Bonchev–Trinajstić information content (AvgIpc) is 2.40. The third kappa shape index (κ3) is 2.69. The van der Waals surface area contributed by atoms with Gasteiger partial charge in [-0.05, 0) is 31.5 Å². The summed E-state index contributed by atoms with van der Waals surface area (Å²) >= 11 is 0. The molecule has 0 aliphatic carbocycles. The molecule has 2 N–H and O–H groups in total. The standard InChI is InChI=1S/C13H17N3O/c1-17-12-6-2-4-10(8-14)13(12)16-11-5-3-7-15-9-11/h2,4,6,11,15-16H,3,5,7,9H2,1H3. The first-order valence-electron chi connectivity index (χ1n) is 5.89. The minimum absolute atomic E-state index is 0.368. The molecular weight excluding hydrogens is 214 g/mol. The highest BCUT2D eigenvalue weighted by Crippen LogP contribution is 2.29. The molecule has 2 rings (SSSR count). The molecule has 0 amide bonds. The molecule has 4 heteroatoms. The molecule has 17 heavy (non-hydrogen) atoms. The first-order chi connectivity index (χ1) is 8.35. The molecule has 0 aromatic heterocycles. The van der Waals surface area contributed by atoms with Crippen LogP contribution in [0.2, 0.25) is 0 Å². The summed E-state index contributed by atoms with van der Waals surface area (Å²) in [5.41, 5.74) is 1.45. The van der Waals surface area contributed by atoms with Crippen LogP contribution < -0.4 is 15.4 Å². The predicted octanol–water partition coefficient (Wildman–Crippen LogP) is 1.73. The Morgan fingerprint density at radius 3 is 3.06 bits per heavy atom. The maximum absolute atomic E-state index is 9.11. The number of nitrogens with zero attached hydrogens (tertiary/aromatic N) is 1.